The number of carbonyl (C=O) groups excluding carboxylic acids is 1. The van der Waals surface area contributed by atoms with Crippen LogP contribution in [0.2, 0.25) is 0 Å². The Morgan fingerprint density at radius 2 is 2.05 bits per heavy atom. The molecule has 1 unspecified atom stereocenters. The molecule has 0 radical (unpaired) electrons. The van der Waals surface area contributed by atoms with Gasteiger partial charge in [0.05, 0.1) is 17.2 Å². The maximum Gasteiger partial charge on any atom is 0.305 e. The Morgan fingerprint density at radius 1 is 1.40 bits per heavy atom. The minimum Gasteiger partial charge on any atom is -0.481 e. The Labute approximate surface area is 124 Å². The fourth-order valence-corrected chi connectivity index (χ4v) is 3.26. The zero-order valence-corrected chi connectivity index (χ0v) is 13.1. The van der Waals surface area contributed by atoms with Crippen molar-refractivity contribution in [2.45, 2.75) is 56.7 Å². The molecule has 116 valence electrons. The van der Waals surface area contributed by atoms with Crippen molar-refractivity contribution in [3.63, 3.8) is 0 Å². The van der Waals surface area contributed by atoms with E-state index in [4.69, 9.17) is 9.84 Å². The molecule has 1 atom stereocenters. The Morgan fingerprint density at radius 3 is 2.60 bits per heavy atom. The van der Waals surface area contributed by atoms with Crippen LogP contribution in [0.4, 0.5) is 0 Å². The van der Waals surface area contributed by atoms with E-state index in [-0.39, 0.29) is 17.6 Å². The third kappa shape index (κ3) is 5.71. The van der Waals surface area contributed by atoms with Crippen LogP contribution in [0.1, 0.15) is 46.0 Å². The number of ether oxygens (including phenoxy) is 1. The van der Waals surface area contributed by atoms with Crippen LogP contribution in [0.3, 0.4) is 0 Å². The molecule has 0 aromatic carbocycles. The molecule has 0 aliphatic carbocycles. The van der Waals surface area contributed by atoms with Crippen molar-refractivity contribution in [3.8, 4) is 0 Å². The number of unbranched alkanes of at least 4 members (excludes halogenated alkanes) is 1. The summed E-state index contributed by atoms with van der Waals surface area (Å²) in [7, 11) is 0. The maximum atomic E-state index is 12.2. The van der Waals surface area contributed by atoms with Gasteiger partial charge in [-0.25, -0.2) is 0 Å². The molecule has 0 saturated carbocycles. The number of thioether (sulfide) groups is 1. The van der Waals surface area contributed by atoms with Crippen LogP contribution in [0, 0.1) is 0 Å². The second kappa shape index (κ2) is 8.52. The Balaban J connectivity index is 2.55. The van der Waals surface area contributed by atoms with Crippen LogP contribution < -0.4 is 5.32 Å². The third-order valence-corrected chi connectivity index (χ3v) is 4.80. The number of rotatable bonds is 8. The number of hydrogen-bond acceptors (Lipinski definition) is 4. The van der Waals surface area contributed by atoms with E-state index in [1.54, 1.807) is 11.8 Å². The van der Waals surface area contributed by atoms with E-state index >= 15 is 0 Å². The molecule has 0 aromatic heterocycles. The van der Waals surface area contributed by atoms with E-state index in [9.17, 15) is 9.59 Å². The molecule has 1 saturated heterocycles. The van der Waals surface area contributed by atoms with E-state index in [2.05, 4.69) is 12.2 Å². The number of hydrogen-bond donors (Lipinski definition) is 2. The Hall–Kier alpha value is -0.750. The van der Waals surface area contributed by atoms with E-state index < -0.39 is 11.5 Å². The van der Waals surface area contributed by atoms with Crippen LogP contribution in [0.25, 0.3) is 0 Å². The fraction of sp³-hybridized carbons (Fsp3) is 0.857. The number of carboxylic acids is 1. The Bertz CT molecular complexity index is 329. The lowest BCUT2D eigenvalue weighted by atomic mass is 9.86. The summed E-state index contributed by atoms with van der Waals surface area (Å²) in [5.41, 5.74) is -0.638. The van der Waals surface area contributed by atoms with E-state index in [1.807, 2.05) is 6.92 Å². The van der Waals surface area contributed by atoms with Crippen molar-refractivity contribution in [2.24, 2.45) is 0 Å². The number of amides is 1. The first kappa shape index (κ1) is 17.3. The summed E-state index contributed by atoms with van der Waals surface area (Å²) in [6, 6.07) is 0. The molecule has 1 aliphatic heterocycles. The molecule has 2 N–H and O–H groups in total. The topological polar surface area (TPSA) is 75.6 Å². The Kier molecular flexibility index (Phi) is 7.37. The lowest BCUT2D eigenvalue weighted by Gasteiger charge is -2.37. The van der Waals surface area contributed by atoms with Crippen LogP contribution >= 0.6 is 11.8 Å². The number of carbonyl (C=O) groups is 2. The number of carboxylic acid groups (broad SMARTS) is 1. The zero-order chi connectivity index (χ0) is 15.0. The molecule has 1 rings (SSSR count). The monoisotopic (exact) mass is 303 g/mol. The van der Waals surface area contributed by atoms with Crippen molar-refractivity contribution in [1.29, 1.82) is 0 Å². The first-order valence-electron chi connectivity index (χ1n) is 7.22. The lowest BCUT2D eigenvalue weighted by Crippen LogP contribution is -2.55. The quantitative estimate of drug-likeness (QED) is 0.671. The van der Waals surface area contributed by atoms with Gasteiger partial charge in [0.2, 0.25) is 5.91 Å². The van der Waals surface area contributed by atoms with Gasteiger partial charge in [0, 0.05) is 13.2 Å². The first-order chi connectivity index (χ1) is 9.49. The highest BCUT2D eigenvalue weighted by molar-refractivity contribution is 8.00. The van der Waals surface area contributed by atoms with Crippen molar-refractivity contribution in [3.05, 3.63) is 0 Å². The summed E-state index contributed by atoms with van der Waals surface area (Å²) in [6.45, 7) is 5.01. The predicted octanol–water partition coefficient (Wildman–Crippen LogP) is 2.05. The summed E-state index contributed by atoms with van der Waals surface area (Å²) in [5, 5.41) is 11.9. The first-order valence-corrected chi connectivity index (χ1v) is 8.27. The molecule has 0 aromatic rings. The van der Waals surface area contributed by atoms with E-state index in [1.165, 1.54) is 0 Å². The largest absolute Gasteiger partial charge is 0.481 e. The third-order valence-electron chi connectivity index (χ3n) is 3.56. The van der Waals surface area contributed by atoms with Crippen LogP contribution in [0.5, 0.6) is 0 Å². The molecule has 5 nitrogen and oxygen atoms in total. The van der Waals surface area contributed by atoms with Gasteiger partial charge in [0.1, 0.15) is 0 Å². The maximum absolute atomic E-state index is 12.2. The smallest absolute Gasteiger partial charge is 0.305 e. The second-order valence-corrected chi connectivity index (χ2v) is 6.77. The fourth-order valence-electron chi connectivity index (χ4n) is 2.24. The molecule has 1 heterocycles. The summed E-state index contributed by atoms with van der Waals surface area (Å²) >= 11 is 1.62. The summed E-state index contributed by atoms with van der Waals surface area (Å²) < 4.78 is 5.28. The van der Waals surface area contributed by atoms with Crippen molar-refractivity contribution in [2.75, 3.05) is 19.0 Å². The van der Waals surface area contributed by atoms with Gasteiger partial charge in [-0.05, 0) is 31.9 Å². The van der Waals surface area contributed by atoms with Gasteiger partial charge in [-0.1, -0.05) is 13.3 Å². The molecule has 20 heavy (non-hydrogen) atoms. The average molecular weight is 303 g/mol. The lowest BCUT2D eigenvalue weighted by molar-refractivity contribution is -0.140. The van der Waals surface area contributed by atoms with Crippen molar-refractivity contribution < 1.29 is 19.4 Å². The molecule has 0 spiro atoms. The highest BCUT2D eigenvalue weighted by Gasteiger charge is 2.37. The molecule has 6 heteroatoms. The molecule has 1 amide bonds. The molecular weight excluding hydrogens is 278 g/mol. The van der Waals surface area contributed by atoms with Crippen LogP contribution in [-0.2, 0) is 14.3 Å². The average Bonchev–Trinajstić information content (AvgIpc) is 2.38. The van der Waals surface area contributed by atoms with E-state index in [0.717, 1.165) is 18.6 Å². The summed E-state index contributed by atoms with van der Waals surface area (Å²) in [5.74, 6) is 0.0212. The number of nitrogens with one attached hydrogen (secondary N) is 1. The standard InChI is InChI=1S/C14H25NO4S/c1-3-4-9-20-11(2)13(18)15-14(10-12(16)17)5-7-19-8-6-14/h11H,3-10H2,1-2H3,(H,15,18)(H,16,17). The van der Waals surface area contributed by atoms with Gasteiger partial charge in [0.15, 0.2) is 0 Å². The zero-order valence-electron chi connectivity index (χ0n) is 12.3. The molecule has 0 bridgehead atoms. The molecule has 1 fully saturated rings. The van der Waals surface area contributed by atoms with Gasteiger partial charge in [-0.2, -0.15) is 0 Å². The molecular formula is C14H25NO4S. The highest BCUT2D eigenvalue weighted by atomic mass is 32.2. The number of aliphatic carboxylic acids is 1. The summed E-state index contributed by atoms with van der Waals surface area (Å²) in [6.07, 6.45) is 3.31. The van der Waals surface area contributed by atoms with E-state index in [0.29, 0.717) is 26.1 Å². The van der Waals surface area contributed by atoms with Gasteiger partial charge in [0.25, 0.3) is 0 Å². The van der Waals surface area contributed by atoms with Crippen LogP contribution in [-0.4, -0.2) is 46.7 Å². The summed E-state index contributed by atoms with van der Waals surface area (Å²) in [4.78, 5) is 23.3. The van der Waals surface area contributed by atoms with Gasteiger partial charge >= 0.3 is 5.97 Å². The van der Waals surface area contributed by atoms with Crippen molar-refractivity contribution >= 4 is 23.6 Å². The normalized spacial score (nSPS) is 19.3. The van der Waals surface area contributed by atoms with Crippen LogP contribution in [0.15, 0.2) is 0 Å². The van der Waals surface area contributed by atoms with Gasteiger partial charge in [-0.3, -0.25) is 9.59 Å². The van der Waals surface area contributed by atoms with Crippen molar-refractivity contribution in [1.82, 2.24) is 5.32 Å². The minimum absolute atomic E-state index is 0.0333. The van der Waals surface area contributed by atoms with Gasteiger partial charge < -0.3 is 15.2 Å². The SMILES string of the molecule is CCCCSC(C)C(=O)NC1(CC(=O)O)CCOCC1. The second-order valence-electron chi connectivity index (χ2n) is 5.32. The molecule has 1 aliphatic rings. The van der Waals surface area contributed by atoms with Gasteiger partial charge in [-0.15, -0.1) is 11.8 Å². The highest BCUT2D eigenvalue weighted by Crippen LogP contribution is 2.25. The minimum atomic E-state index is -0.876. The predicted molar refractivity (Wildman–Crippen MR) is 80.0 cm³/mol.